The number of carbonyl (C=O) groups excluding carboxylic acids is 1. The second-order valence-corrected chi connectivity index (χ2v) is 6.52. The molecule has 1 saturated heterocycles. The van der Waals surface area contributed by atoms with Gasteiger partial charge in [0, 0.05) is 37.1 Å². The van der Waals surface area contributed by atoms with Crippen molar-refractivity contribution in [1.29, 1.82) is 0 Å². The Morgan fingerprint density at radius 2 is 1.96 bits per heavy atom. The van der Waals surface area contributed by atoms with Crippen LogP contribution in [0.3, 0.4) is 0 Å². The van der Waals surface area contributed by atoms with Gasteiger partial charge in [0.05, 0.1) is 12.2 Å². The van der Waals surface area contributed by atoms with Crippen LogP contribution in [-0.4, -0.2) is 53.5 Å². The van der Waals surface area contributed by atoms with E-state index in [1.807, 2.05) is 40.6 Å². The van der Waals surface area contributed by atoms with Crippen molar-refractivity contribution < 1.29 is 4.79 Å². The highest BCUT2D eigenvalue weighted by Crippen LogP contribution is 2.21. The van der Waals surface area contributed by atoms with E-state index in [2.05, 4.69) is 22.1 Å². The molecule has 2 heterocycles. The fraction of sp³-hybridized carbons (Fsp3) is 0.412. The number of aromatic nitrogens is 1. The lowest BCUT2D eigenvalue weighted by molar-refractivity contribution is 0.142. The van der Waals surface area contributed by atoms with E-state index in [1.165, 1.54) is 0 Å². The topological polar surface area (TPSA) is 48.5 Å². The van der Waals surface area contributed by atoms with Gasteiger partial charge in [-0.2, -0.15) is 0 Å². The minimum atomic E-state index is 0.0113. The summed E-state index contributed by atoms with van der Waals surface area (Å²) in [6.07, 6.45) is 0. The van der Waals surface area contributed by atoms with E-state index in [1.54, 1.807) is 11.3 Å². The molecular formula is C17H22N4OS. The van der Waals surface area contributed by atoms with Gasteiger partial charge >= 0.3 is 6.03 Å². The molecule has 6 heteroatoms. The molecule has 2 amide bonds. The summed E-state index contributed by atoms with van der Waals surface area (Å²) in [5.41, 5.74) is 2.08. The van der Waals surface area contributed by atoms with Crippen LogP contribution in [0, 0.1) is 0 Å². The highest BCUT2D eigenvalue weighted by molar-refractivity contribution is 7.09. The van der Waals surface area contributed by atoms with Crippen LogP contribution >= 0.6 is 11.3 Å². The Kier molecular flexibility index (Phi) is 5.25. The Hall–Kier alpha value is -1.92. The lowest BCUT2D eigenvalue weighted by atomic mass is 10.2. The maximum Gasteiger partial charge on any atom is 0.317 e. The molecule has 23 heavy (non-hydrogen) atoms. The number of nitrogens with zero attached hydrogens (tertiary/aromatic N) is 3. The molecule has 0 radical (unpaired) electrons. The number of carbonyl (C=O) groups is 1. The Balaban J connectivity index is 1.51. The number of likely N-dealkylation sites (N-methyl/N-ethyl adjacent to an activating group) is 1. The fourth-order valence-corrected chi connectivity index (χ4v) is 3.41. The van der Waals surface area contributed by atoms with Crippen molar-refractivity contribution in [3.8, 4) is 11.3 Å². The lowest BCUT2D eigenvalue weighted by Crippen LogP contribution is -2.51. The van der Waals surface area contributed by atoms with Crippen molar-refractivity contribution in [2.75, 3.05) is 32.7 Å². The van der Waals surface area contributed by atoms with Crippen molar-refractivity contribution in [2.24, 2.45) is 0 Å². The van der Waals surface area contributed by atoms with E-state index < -0.39 is 0 Å². The number of benzene rings is 1. The molecule has 1 aliphatic heterocycles. The molecule has 1 aliphatic rings. The van der Waals surface area contributed by atoms with Gasteiger partial charge in [-0.15, -0.1) is 11.3 Å². The van der Waals surface area contributed by atoms with Gasteiger partial charge < -0.3 is 15.1 Å². The zero-order valence-corrected chi connectivity index (χ0v) is 14.2. The minimum absolute atomic E-state index is 0.0113. The van der Waals surface area contributed by atoms with E-state index in [-0.39, 0.29) is 6.03 Å². The molecule has 122 valence electrons. The third kappa shape index (κ3) is 4.09. The van der Waals surface area contributed by atoms with Gasteiger partial charge in [0.1, 0.15) is 5.01 Å². The molecule has 0 aliphatic carbocycles. The molecule has 0 bridgehead atoms. The molecule has 1 N–H and O–H groups in total. The van der Waals surface area contributed by atoms with Crippen LogP contribution in [0.5, 0.6) is 0 Å². The highest BCUT2D eigenvalue weighted by atomic mass is 32.1. The maximum absolute atomic E-state index is 12.2. The molecule has 1 aromatic heterocycles. The summed E-state index contributed by atoms with van der Waals surface area (Å²) < 4.78 is 0. The van der Waals surface area contributed by atoms with E-state index in [0.29, 0.717) is 6.54 Å². The third-order valence-corrected chi connectivity index (χ3v) is 4.97. The predicted molar refractivity (Wildman–Crippen MR) is 93.5 cm³/mol. The number of rotatable bonds is 4. The number of amides is 2. The lowest BCUT2D eigenvalue weighted by Gasteiger charge is -2.33. The fourth-order valence-electron chi connectivity index (χ4n) is 2.66. The molecule has 0 unspecified atom stereocenters. The first-order chi connectivity index (χ1) is 11.3. The second kappa shape index (κ2) is 7.57. The highest BCUT2D eigenvalue weighted by Gasteiger charge is 2.19. The number of thiazole rings is 1. The van der Waals surface area contributed by atoms with Crippen LogP contribution in [0.4, 0.5) is 4.79 Å². The molecule has 0 spiro atoms. The SMILES string of the molecule is CCN1CCN(C(=O)NCc2nc(-c3ccccc3)cs2)CC1. The molecule has 5 nitrogen and oxygen atoms in total. The summed E-state index contributed by atoms with van der Waals surface area (Å²) in [4.78, 5) is 21.1. The standard InChI is InChI=1S/C17H22N4OS/c1-2-20-8-10-21(11-9-20)17(22)18-12-16-19-15(13-23-16)14-6-4-3-5-7-14/h3-7,13H,2,8-12H2,1H3,(H,18,22). The Morgan fingerprint density at radius 1 is 1.22 bits per heavy atom. The van der Waals surface area contributed by atoms with Crippen LogP contribution in [0.2, 0.25) is 0 Å². The van der Waals surface area contributed by atoms with Crippen LogP contribution < -0.4 is 5.32 Å². The number of urea groups is 1. The quantitative estimate of drug-likeness (QED) is 0.937. The normalized spacial score (nSPS) is 15.6. The van der Waals surface area contributed by atoms with Gasteiger partial charge in [-0.05, 0) is 6.54 Å². The smallest absolute Gasteiger partial charge is 0.317 e. The van der Waals surface area contributed by atoms with Crippen LogP contribution in [0.15, 0.2) is 35.7 Å². The first kappa shape index (κ1) is 16.0. The van der Waals surface area contributed by atoms with E-state index in [0.717, 1.165) is 49.0 Å². The van der Waals surface area contributed by atoms with Gasteiger partial charge in [-0.1, -0.05) is 37.3 Å². The molecule has 1 fully saturated rings. The summed E-state index contributed by atoms with van der Waals surface area (Å²) in [7, 11) is 0. The number of hydrogen-bond acceptors (Lipinski definition) is 4. The molecule has 3 rings (SSSR count). The molecule has 0 saturated carbocycles. The summed E-state index contributed by atoms with van der Waals surface area (Å²) in [5.74, 6) is 0. The van der Waals surface area contributed by atoms with Gasteiger partial charge in [-0.25, -0.2) is 9.78 Å². The van der Waals surface area contributed by atoms with Crippen molar-refractivity contribution >= 4 is 17.4 Å². The first-order valence-corrected chi connectivity index (χ1v) is 8.89. The zero-order valence-electron chi connectivity index (χ0n) is 13.4. The summed E-state index contributed by atoms with van der Waals surface area (Å²) in [6.45, 7) is 7.21. The molecule has 1 aromatic carbocycles. The second-order valence-electron chi connectivity index (χ2n) is 5.57. The molecular weight excluding hydrogens is 308 g/mol. The molecule has 0 atom stereocenters. The van der Waals surface area contributed by atoms with E-state index in [4.69, 9.17) is 0 Å². The number of hydrogen-bond donors (Lipinski definition) is 1. The minimum Gasteiger partial charge on any atom is -0.331 e. The predicted octanol–water partition coefficient (Wildman–Crippen LogP) is 2.66. The summed E-state index contributed by atoms with van der Waals surface area (Å²) in [6, 6.07) is 10.1. The van der Waals surface area contributed by atoms with Crippen molar-refractivity contribution in [3.05, 3.63) is 40.7 Å². The van der Waals surface area contributed by atoms with Crippen molar-refractivity contribution in [2.45, 2.75) is 13.5 Å². The molecule has 2 aromatic rings. The van der Waals surface area contributed by atoms with Gasteiger partial charge in [0.25, 0.3) is 0 Å². The van der Waals surface area contributed by atoms with Crippen LogP contribution in [-0.2, 0) is 6.54 Å². The Morgan fingerprint density at radius 3 is 2.65 bits per heavy atom. The van der Waals surface area contributed by atoms with Gasteiger partial charge in [0.2, 0.25) is 0 Å². The van der Waals surface area contributed by atoms with Crippen molar-refractivity contribution in [1.82, 2.24) is 20.1 Å². The van der Waals surface area contributed by atoms with Crippen molar-refractivity contribution in [3.63, 3.8) is 0 Å². The Bertz CT molecular complexity index is 635. The average molecular weight is 330 g/mol. The largest absolute Gasteiger partial charge is 0.331 e. The zero-order chi connectivity index (χ0) is 16.1. The van der Waals surface area contributed by atoms with Crippen LogP contribution in [0.1, 0.15) is 11.9 Å². The summed E-state index contributed by atoms with van der Waals surface area (Å²) in [5, 5.41) is 5.96. The monoisotopic (exact) mass is 330 g/mol. The maximum atomic E-state index is 12.2. The number of piperazine rings is 1. The summed E-state index contributed by atoms with van der Waals surface area (Å²) >= 11 is 1.58. The average Bonchev–Trinajstić information content (AvgIpc) is 3.09. The third-order valence-electron chi connectivity index (χ3n) is 4.12. The van der Waals surface area contributed by atoms with Crippen LogP contribution in [0.25, 0.3) is 11.3 Å². The first-order valence-electron chi connectivity index (χ1n) is 8.01. The van der Waals surface area contributed by atoms with E-state index in [9.17, 15) is 4.79 Å². The number of nitrogens with one attached hydrogen (secondary N) is 1. The van der Waals surface area contributed by atoms with Gasteiger partial charge in [-0.3, -0.25) is 0 Å². The van der Waals surface area contributed by atoms with E-state index >= 15 is 0 Å². The van der Waals surface area contributed by atoms with Gasteiger partial charge in [0.15, 0.2) is 0 Å². The Labute approximate surface area is 140 Å².